The Morgan fingerprint density at radius 3 is 1.81 bits per heavy atom. The van der Waals surface area contributed by atoms with Crippen molar-refractivity contribution in [1.29, 1.82) is 0 Å². The van der Waals surface area contributed by atoms with Gasteiger partial charge in [0.25, 0.3) is 0 Å². The maximum atomic E-state index is 11.5. The van der Waals surface area contributed by atoms with Crippen LogP contribution in [0.1, 0.15) is 39.5 Å². The van der Waals surface area contributed by atoms with E-state index in [1.807, 2.05) is 57.3 Å². The average Bonchev–Trinajstić information content (AvgIpc) is 3.07. The topological polar surface area (TPSA) is 76.2 Å². The number of Topliss-reactive ketones (excluding diaryl/α,β-unsaturated/α-hetero) is 1. The highest BCUT2D eigenvalue weighted by Gasteiger charge is 2.11. The molecule has 168 valence electrons. The number of anilines is 1. The Hall–Kier alpha value is -1.44. The van der Waals surface area contributed by atoms with Crippen molar-refractivity contribution < 1.29 is 9.90 Å². The summed E-state index contributed by atoms with van der Waals surface area (Å²) in [7, 11) is 0. The number of ketones is 1. The van der Waals surface area contributed by atoms with E-state index >= 15 is 0 Å². The lowest BCUT2D eigenvalue weighted by Crippen LogP contribution is -2.05. The molecule has 0 bridgehead atoms. The number of nitrogens with two attached hydrogens (primary N) is 1. The van der Waals surface area contributed by atoms with Crippen LogP contribution in [0.15, 0.2) is 29.6 Å². The van der Waals surface area contributed by atoms with E-state index in [0.29, 0.717) is 15.5 Å². The van der Waals surface area contributed by atoms with Gasteiger partial charge in [0, 0.05) is 33.2 Å². The van der Waals surface area contributed by atoms with Crippen LogP contribution in [0.5, 0.6) is 0 Å². The minimum absolute atomic E-state index is 0.103. The van der Waals surface area contributed by atoms with Crippen molar-refractivity contribution in [2.45, 2.75) is 34.6 Å². The van der Waals surface area contributed by atoms with Gasteiger partial charge in [0.2, 0.25) is 0 Å². The Labute approximate surface area is 206 Å². The normalized spacial score (nSPS) is 9.97. The third kappa shape index (κ3) is 8.20. The van der Waals surface area contributed by atoms with Crippen LogP contribution in [0.25, 0.3) is 11.3 Å². The number of aliphatic hydroxyl groups is 1. The molecule has 3 rings (SSSR count). The van der Waals surface area contributed by atoms with Gasteiger partial charge in [-0.25, -0.2) is 4.98 Å². The van der Waals surface area contributed by atoms with Gasteiger partial charge in [0.15, 0.2) is 10.9 Å². The SMILES string of the molecule is CCO.Cc1cc(Cl)cc(C)c1-c1csc(N)n1.Cc1cc(Cl)cc(C)c1C(=O)CBr. The number of aromatic nitrogens is 1. The molecule has 31 heavy (non-hydrogen) atoms. The average molecular weight is 546 g/mol. The minimum Gasteiger partial charge on any atom is -0.397 e. The fourth-order valence-electron chi connectivity index (χ4n) is 3.13. The number of benzene rings is 2. The van der Waals surface area contributed by atoms with Gasteiger partial charge in [-0.05, 0) is 81.1 Å². The van der Waals surface area contributed by atoms with Crippen LogP contribution in [0, 0.1) is 27.7 Å². The number of hydrogen-bond acceptors (Lipinski definition) is 5. The van der Waals surface area contributed by atoms with Gasteiger partial charge in [0.05, 0.1) is 11.0 Å². The molecule has 0 aliphatic rings. The summed E-state index contributed by atoms with van der Waals surface area (Å²) in [5.41, 5.74) is 12.6. The summed E-state index contributed by atoms with van der Waals surface area (Å²) >= 11 is 16.4. The molecule has 0 saturated heterocycles. The van der Waals surface area contributed by atoms with Gasteiger partial charge in [-0.2, -0.15) is 0 Å². The predicted molar refractivity (Wildman–Crippen MR) is 138 cm³/mol. The number of rotatable bonds is 3. The van der Waals surface area contributed by atoms with Crippen molar-refractivity contribution in [3.63, 3.8) is 0 Å². The van der Waals surface area contributed by atoms with Crippen LogP contribution in [0.3, 0.4) is 0 Å². The van der Waals surface area contributed by atoms with E-state index in [4.69, 9.17) is 34.0 Å². The van der Waals surface area contributed by atoms with E-state index < -0.39 is 0 Å². The lowest BCUT2D eigenvalue weighted by Gasteiger charge is -2.07. The molecule has 3 aromatic rings. The van der Waals surface area contributed by atoms with Gasteiger partial charge in [-0.3, -0.25) is 4.79 Å². The highest BCUT2D eigenvalue weighted by Crippen LogP contribution is 2.31. The van der Waals surface area contributed by atoms with Crippen LogP contribution in [-0.2, 0) is 0 Å². The molecule has 4 nitrogen and oxygen atoms in total. The summed E-state index contributed by atoms with van der Waals surface area (Å²) in [4.78, 5) is 15.8. The summed E-state index contributed by atoms with van der Waals surface area (Å²) in [5, 5.41) is 11.9. The van der Waals surface area contributed by atoms with Crippen molar-refractivity contribution >= 4 is 61.4 Å². The second kappa shape index (κ2) is 13.2. The molecule has 0 radical (unpaired) electrons. The van der Waals surface area contributed by atoms with Crippen molar-refractivity contribution in [1.82, 2.24) is 4.98 Å². The molecule has 2 aromatic carbocycles. The molecular weight excluding hydrogens is 519 g/mol. The van der Waals surface area contributed by atoms with E-state index in [0.717, 1.165) is 44.1 Å². The summed E-state index contributed by atoms with van der Waals surface area (Å²) < 4.78 is 0. The molecule has 1 heterocycles. The Morgan fingerprint density at radius 2 is 1.45 bits per heavy atom. The molecule has 0 unspecified atom stereocenters. The molecule has 0 fully saturated rings. The second-order valence-electron chi connectivity index (χ2n) is 6.77. The third-order valence-corrected chi connectivity index (χ3v) is 5.79. The monoisotopic (exact) mass is 544 g/mol. The summed E-state index contributed by atoms with van der Waals surface area (Å²) in [5.74, 6) is 0.103. The quantitative estimate of drug-likeness (QED) is 0.269. The van der Waals surface area contributed by atoms with Crippen molar-refractivity contribution in [3.05, 3.63) is 67.5 Å². The van der Waals surface area contributed by atoms with Crippen molar-refractivity contribution in [3.8, 4) is 11.3 Å². The van der Waals surface area contributed by atoms with Crippen molar-refractivity contribution in [2.24, 2.45) is 0 Å². The Balaban J connectivity index is 0.000000278. The first-order chi connectivity index (χ1) is 14.5. The van der Waals surface area contributed by atoms with Crippen LogP contribution in [-0.4, -0.2) is 27.8 Å². The van der Waals surface area contributed by atoms with Crippen LogP contribution in [0.4, 0.5) is 5.13 Å². The largest absolute Gasteiger partial charge is 0.397 e. The number of aliphatic hydroxyl groups excluding tert-OH is 1. The number of thiazole rings is 1. The first-order valence-electron chi connectivity index (χ1n) is 9.50. The number of alkyl halides is 1. The lowest BCUT2D eigenvalue weighted by atomic mass is 10.0. The minimum atomic E-state index is 0.103. The second-order valence-corrected chi connectivity index (χ2v) is 9.10. The standard InChI is InChI=1S/C11H11ClN2S.C10H10BrClO.C2H6O/c1-6-3-8(12)4-7(2)10(6)9-5-15-11(13)14-9;1-6-3-8(12)4-7(2)10(6)9(13)5-11;1-2-3/h3-5H,1-2H3,(H2,13,14);3-4H,5H2,1-2H3;3H,2H2,1H3. The molecule has 8 heteroatoms. The first kappa shape index (κ1) is 27.6. The van der Waals surface area contributed by atoms with Crippen LogP contribution in [0.2, 0.25) is 10.0 Å². The van der Waals surface area contributed by atoms with E-state index in [2.05, 4.69) is 20.9 Å². The highest BCUT2D eigenvalue weighted by atomic mass is 79.9. The number of nitrogen functional groups attached to an aromatic ring is 1. The number of carbonyl (C=O) groups is 1. The number of aryl methyl sites for hydroxylation is 4. The fraction of sp³-hybridized carbons (Fsp3) is 0.304. The number of halogens is 3. The molecule has 0 atom stereocenters. The van der Waals surface area contributed by atoms with Gasteiger partial charge in [-0.1, -0.05) is 39.1 Å². The van der Waals surface area contributed by atoms with Gasteiger partial charge >= 0.3 is 0 Å². The molecule has 0 saturated carbocycles. The fourth-order valence-corrected chi connectivity index (χ4v) is 4.62. The Kier molecular flexibility index (Phi) is 11.7. The zero-order chi connectivity index (χ0) is 23.7. The van der Waals surface area contributed by atoms with Gasteiger partial charge in [0.1, 0.15) is 0 Å². The van der Waals surface area contributed by atoms with Crippen molar-refractivity contribution in [2.75, 3.05) is 17.7 Å². The third-order valence-electron chi connectivity index (χ3n) is 4.17. The van der Waals surface area contributed by atoms with Gasteiger partial charge in [-0.15, -0.1) is 11.3 Å². The van der Waals surface area contributed by atoms with E-state index in [9.17, 15) is 4.79 Å². The Morgan fingerprint density at radius 1 is 1.03 bits per heavy atom. The summed E-state index contributed by atoms with van der Waals surface area (Å²) in [6, 6.07) is 7.51. The van der Waals surface area contributed by atoms with Gasteiger partial charge < -0.3 is 10.8 Å². The molecule has 0 aliphatic heterocycles. The summed E-state index contributed by atoms with van der Waals surface area (Å²) in [6.45, 7) is 9.79. The number of nitrogens with zero attached hydrogens (tertiary/aromatic N) is 1. The van der Waals surface area contributed by atoms with E-state index in [1.54, 1.807) is 6.92 Å². The zero-order valence-electron chi connectivity index (χ0n) is 18.2. The number of carbonyl (C=O) groups excluding carboxylic acids is 1. The lowest BCUT2D eigenvalue weighted by molar-refractivity contribution is 0.102. The Bertz CT molecular complexity index is 992. The predicted octanol–water partition coefficient (Wildman–Crippen LogP) is 7.20. The van der Waals surface area contributed by atoms with Crippen LogP contribution >= 0.6 is 50.5 Å². The first-order valence-corrected chi connectivity index (χ1v) is 12.3. The number of hydrogen-bond donors (Lipinski definition) is 2. The molecular formula is C23H27BrCl2N2O2S. The van der Waals surface area contributed by atoms with E-state index in [1.165, 1.54) is 11.3 Å². The highest BCUT2D eigenvalue weighted by molar-refractivity contribution is 9.09. The van der Waals surface area contributed by atoms with Crippen LogP contribution < -0.4 is 5.73 Å². The molecule has 1 aromatic heterocycles. The summed E-state index contributed by atoms with van der Waals surface area (Å²) in [6.07, 6.45) is 0. The zero-order valence-corrected chi connectivity index (χ0v) is 22.1. The smallest absolute Gasteiger partial charge is 0.180 e. The maximum Gasteiger partial charge on any atom is 0.180 e. The molecule has 0 spiro atoms. The maximum absolute atomic E-state index is 11.5. The van der Waals surface area contributed by atoms with E-state index in [-0.39, 0.29) is 12.4 Å². The molecule has 0 aliphatic carbocycles. The molecule has 0 amide bonds. The molecule has 3 N–H and O–H groups in total.